The summed E-state index contributed by atoms with van der Waals surface area (Å²) < 4.78 is 34.4. The SMILES string of the molecule is OC[C@H]1O[C@@H](SC[C@H]2O[C@@H](SC[C@H]3O[C@@H](SC[C@H]4OC(O)[C@H](O)[C@@H](O)[C@@H]4O)[C@H](O)[C@@H](S[C@@H]4O[C@H](CO)[C@@H](O)[C@H](O)[C@H]4O)[C@@H]3O)[C@H](O)[C@@H](S[C@@H]3O[C@H](CO)[C@@H](O)[C@H](O)[C@H]3O)[C@@H]2O)[C@H](O)[C@@H](O)[C@@H]1O. The minimum absolute atomic E-state index is 0.264. The van der Waals surface area contributed by atoms with Crippen molar-refractivity contribution in [2.75, 3.05) is 37.1 Å². The Bertz CT molecular complexity index is 1520. The molecule has 0 spiro atoms. The van der Waals surface area contributed by atoms with E-state index < -0.39 is 198 Å². The van der Waals surface area contributed by atoms with Gasteiger partial charge < -0.3 is 131 Å². The van der Waals surface area contributed by atoms with Gasteiger partial charge in [0.2, 0.25) is 0 Å². The summed E-state index contributed by atoms with van der Waals surface area (Å²) in [6.45, 7) is -2.30. The molecule has 6 rings (SSSR count). The molecule has 0 aromatic carbocycles. The van der Waals surface area contributed by atoms with Crippen molar-refractivity contribution in [2.45, 2.75) is 178 Å². The first kappa shape index (κ1) is 57.0. The minimum atomic E-state index is -1.90. The Hall–Kier alpha value is 0.710. The Labute approximate surface area is 403 Å². The maximum absolute atomic E-state index is 11.8. The lowest BCUT2D eigenvalue weighted by atomic mass is 10.0. The molecule has 6 fully saturated rings. The first-order chi connectivity index (χ1) is 31.6. The molecule has 31 heteroatoms. The average molecular weight is 1070 g/mol. The van der Waals surface area contributed by atoms with Crippen molar-refractivity contribution >= 4 is 58.8 Å². The summed E-state index contributed by atoms with van der Waals surface area (Å²) in [5.74, 6) is -0.880. The lowest BCUT2D eigenvalue weighted by Crippen LogP contribution is -2.62. The van der Waals surface area contributed by atoms with Gasteiger partial charge in [-0.2, -0.15) is 0 Å². The van der Waals surface area contributed by atoms with Crippen LogP contribution in [0.2, 0.25) is 0 Å². The molecular formula is C36H62O26S5. The van der Waals surface area contributed by atoms with Crippen LogP contribution in [-0.2, 0) is 28.4 Å². The lowest BCUT2D eigenvalue weighted by Gasteiger charge is -2.48. The van der Waals surface area contributed by atoms with Gasteiger partial charge in [0.25, 0.3) is 0 Å². The molecule has 26 nitrogen and oxygen atoms in total. The first-order valence-electron chi connectivity index (χ1n) is 21.1. The maximum Gasteiger partial charge on any atom is 0.183 e. The van der Waals surface area contributed by atoms with Crippen molar-refractivity contribution in [2.24, 2.45) is 0 Å². The third-order valence-electron chi connectivity index (χ3n) is 12.4. The molecule has 0 amide bonds. The van der Waals surface area contributed by atoms with Crippen LogP contribution in [0.15, 0.2) is 0 Å². The highest BCUT2D eigenvalue weighted by molar-refractivity contribution is 8.02. The van der Waals surface area contributed by atoms with Crippen LogP contribution in [0.1, 0.15) is 0 Å². The summed E-state index contributed by atoms with van der Waals surface area (Å²) in [6, 6.07) is 0. The molecule has 6 heterocycles. The molecule has 392 valence electrons. The lowest BCUT2D eigenvalue weighted by molar-refractivity contribution is -0.276. The largest absolute Gasteiger partial charge is 0.394 e. The molecule has 0 bridgehead atoms. The molecule has 6 aliphatic heterocycles. The molecule has 6 aliphatic rings. The van der Waals surface area contributed by atoms with E-state index in [0.29, 0.717) is 23.5 Å². The molecule has 0 radical (unpaired) electrons. The Kier molecular flexibility index (Phi) is 21.1. The van der Waals surface area contributed by atoms with Crippen LogP contribution >= 0.6 is 58.8 Å². The maximum atomic E-state index is 11.8. The van der Waals surface area contributed by atoms with Gasteiger partial charge in [0, 0.05) is 17.3 Å². The van der Waals surface area contributed by atoms with Crippen LogP contribution in [0.3, 0.4) is 0 Å². The van der Waals surface area contributed by atoms with Gasteiger partial charge >= 0.3 is 0 Å². The summed E-state index contributed by atoms with van der Waals surface area (Å²) in [5, 5.41) is 209. The Morgan fingerprint density at radius 3 is 0.881 bits per heavy atom. The highest BCUT2D eigenvalue weighted by Gasteiger charge is 2.54. The van der Waals surface area contributed by atoms with Crippen LogP contribution in [0.25, 0.3) is 0 Å². The summed E-state index contributed by atoms with van der Waals surface area (Å²) in [7, 11) is 0. The molecule has 0 aromatic heterocycles. The van der Waals surface area contributed by atoms with E-state index in [1.165, 1.54) is 0 Å². The van der Waals surface area contributed by atoms with E-state index in [0.717, 1.165) is 35.3 Å². The van der Waals surface area contributed by atoms with Crippen molar-refractivity contribution in [1.29, 1.82) is 0 Å². The fourth-order valence-electron chi connectivity index (χ4n) is 8.19. The Morgan fingerprint density at radius 2 is 0.522 bits per heavy atom. The average Bonchev–Trinajstić information content (AvgIpc) is 3.31. The second-order valence-electron chi connectivity index (χ2n) is 16.9. The second-order valence-corrected chi connectivity index (χ2v) is 22.8. The Morgan fingerprint density at radius 1 is 0.254 bits per heavy atom. The molecule has 1 unspecified atom stereocenters. The van der Waals surface area contributed by atoms with Crippen molar-refractivity contribution in [3.05, 3.63) is 0 Å². The van der Waals surface area contributed by atoms with Crippen molar-refractivity contribution in [1.82, 2.24) is 0 Å². The Balaban J connectivity index is 1.23. The molecule has 0 aromatic rings. The number of aliphatic hydroxyl groups excluding tert-OH is 20. The normalized spacial score (nSPS) is 53.4. The smallest absolute Gasteiger partial charge is 0.183 e. The number of hydrogen-bond acceptors (Lipinski definition) is 31. The summed E-state index contributed by atoms with van der Waals surface area (Å²) >= 11 is 3.65. The molecule has 6 saturated heterocycles. The predicted octanol–water partition coefficient (Wildman–Crippen LogP) is -10.5. The summed E-state index contributed by atoms with van der Waals surface area (Å²) in [4.78, 5) is 0. The summed E-state index contributed by atoms with van der Waals surface area (Å²) in [5.41, 5.74) is -6.96. The van der Waals surface area contributed by atoms with Gasteiger partial charge in [-0.15, -0.1) is 58.8 Å². The topological polar surface area (TPSA) is 460 Å². The van der Waals surface area contributed by atoms with Crippen molar-refractivity contribution < 1.29 is 131 Å². The number of rotatable bonds is 16. The third-order valence-corrected chi connectivity index (χ3v) is 19.2. The van der Waals surface area contributed by atoms with Crippen LogP contribution in [0, 0.1) is 0 Å². The van der Waals surface area contributed by atoms with Gasteiger partial charge in [-0.05, 0) is 0 Å². The van der Waals surface area contributed by atoms with Gasteiger partial charge in [0.05, 0.1) is 60.8 Å². The van der Waals surface area contributed by atoms with E-state index in [4.69, 9.17) is 28.4 Å². The monoisotopic (exact) mass is 1070 g/mol. The fraction of sp³-hybridized carbons (Fsp3) is 1.00. The fourth-order valence-corrected chi connectivity index (χ4v) is 15.1. The third kappa shape index (κ3) is 12.5. The van der Waals surface area contributed by atoms with Gasteiger partial charge in [-0.25, -0.2) is 0 Å². The minimum Gasteiger partial charge on any atom is -0.394 e. The van der Waals surface area contributed by atoms with E-state index in [-0.39, 0.29) is 17.3 Å². The zero-order valence-corrected chi connectivity index (χ0v) is 39.1. The van der Waals surface area contributed by atoms with Gasteiger partial charge in [0.15, 0.2) is 6.29 Å². The van der Waals surface area contributed by atoms with E-state index in [1.54, 1.807) is 0 Å². The second kappa shape index (κ2) is 24.8. The van der Waals surface area contributed by atoms with Crippen LogP contribution in [0.5, 0.6) is 0 Å². The van der Waals surface area contributed by atoms with Crippen molar-refractivity contribution in [3.63, 3.8) is 0 Å². The van der Waals surface area contributed by atoms with E-state index >= 15 is 0 Å². The van der Waals surface area contributed by atoms with Crippen molar-refractivity contribution in [3.8, 4) is 0 Å². The zero-order chi connectivity index (χ0) is 49.3. The quantitative estimate of drug-likeness (QED) is 0.0682. The van der Waals surface area contributed by atoms with Gasteiger partial charge in [-0.1, -0.05) is 0 Å². The van der Waals surface area contributed by atoms with E-state index in [2.05, 4.69) is 0 Å². The number of thioether (sulfide) groups is 5. The van der Waals surface area contributed by atoms with E-state index in [1.807, 2.05) is 0 Å². The van der Waals surface area contributed by atoms with E-state index in [9.17, 15) is 102 Å². The van der Waals surface area contributed by atoms with Crippen LogP contribution in [0.4, 0.5) is 0 Å². The number of ether oxygens (including phenoxy) is 6. The highest BCUT2D eigenvalue weighted by Crippen LogP contribution is 2.45. The molecule has 0 aliphatic carbocycles. The predicted molar refractivity (Wildman–Crippen MR) is 232 cm³/mol. The molecule has 67 heavy (non-hydrogen) atoms. The van der Waals surface area contributed by atoms with Gasteiger partial charge in [0.1, 0.15) is 131 Å². The van der Waals surface area contributed by atoms with Gasteiger partial charge in [-0.3, -0.25) is 0 Å². The number of aliphatic hydroxyl groups is 20. The molecular weight excluding hydrogens is 1010 g/mol. The summed E-state index contributed by atoms with van der Waals surface area (Å²) in [6.07, 6.45) is -37.8. The molecule has 20 N–H and O–H groups in total. The molecule has 0 saturated carbocycles. The first-order valence-corrected chi connectivity index (χ1v) is 26.2. The zero-order valence-electron chi connectivity index (χ0n) is 35.0. The highest BCUT2D eigenvalue weighted by atomic mass is 32.2. The van der Waals surface area contributed by atoms with Crippen LogP contribution < -0.4 is 0 Å². The van der Waals surface area contributed by atoms with Crippen LogP contribution in [-0.4, -0.2) is 317 Å². The molecule has 30 atom stereocenters. The number of hydrogen-bond donors (Lipinski definition) is 20. The standard InChI is InChI=1S/C36H62O26S5/c37-1-7-13(40)20(47)24(51)32(58-7)63-5-11-17(44)29(66-35-25(52)21(48)14(41)8(2-38)59-35)28(55)34(61-11)65-6-12-18(45)30(67-36-26(53)22(49)15(42)9(3-39)60-36)27(54)33(62-12)64-4-10-16(43)19(46)23(50)31(56)57-10/h7-56H,1-6H2/t7-,8-,9-,10-,11-,12-,13-,14-,15-,16-,17-,18-,19+,20+,21+,22+,23-,24-,25-,26-,27-,28-,29+,30+,31?,32+,33+,34+,35+,36+/m1/s1.